The summed E-state index contributed by atoms with van der Waals surface area (Å²) in [4.78, 5) is 67.1. The zero-order valence-corrected chi connectivity index (χ0v) is 29.1. The summed E-state index contributed by atoms with van der Waals surface area (Å²) in [6.45, 7) is 4.19. The third-order valence-electron chi connectivity index (χ3n) is 11.4. The van der Waals surface area contributed by atoms with Crippen molar-refractivity contribution in [3.63, 3.8) is 0 Å². The summed E-state index contributed by atoms with van der Waals surface area (Å²) in [5.41, 5.74) is 7.29. The van der Waals surface area contributed by atoms with Gasteiger partial charge in [0.15, 0.2) is 0 Å². The van der Waals surface area contributed by atoms with Gasteiger partial charge in [-0.25, -0.2) is 9.78 Å². The summed E-state index contributed by atoms with van der Waals surface area (Å²) in [6.07, 6.45) is 9.62. The molecule has 2 aromatic carbocycles. The van der Waals surface area contributed by atoms with Gasteiger partial charge < -0.3 is 19.7 Å². The van der Waals surface area contributed by atoms with Crippen molar-refractivity contribution < 1.29 is 19.2 Å². The van der Waals surface area contributed by atoms with Gasteiger partial charge >= 0.3 is 6.03 Å². The number of urea groups is 1. The molecule has 2 aromatic heterocycles. The number of aromatic amines is 1. The van der Waals surface area contributed by atoms with Crippen LogP contribution in [-0.2, 0) is 16.1 Å². The van der Waals surface area contributed by atoms with Gasteiger partial charge in [0.2, 0.25) is 11.8 Å². The molecule has 1 atom stereocenters. The molecule has 1 saturated carbocycles. The topological polar surface area (TPSA) is 122 Å². The van der Waals surface area contributed by atoms with Gasteiger partial charge in [-0.05, 0) is 91.3 Å². The molecule has 5 aliphatic rings. The number of carbonyl (C=O) groups excluding carboxylic acids is 4. The number of pyridine rings is 1. The second kappa shape index (κ2) is 12.7. The molecule has 51 heavy (non-hydrogen) atoms. The minimum absolute atomic E-state index is 0.0415. The van der Waals surface area contributed by atoms with Crippen LogP contribution < -0.4 is 15.1 Å². The molecule has 9 rings (SSSR count). The highest BCUT2D eigenvalue weighted by Gasteiger charge is 2.39. The number of fused-ring (bicyclic) bond motifs is 2. The average molecular weight is 706 g/mol. The normalized spacial score (nSPS) is 21.5. The highest BCUT2D eigenvalue weighted by molar-refractivity contribution is 6.38. The van der Waals surface area contributed by atoms with Gasteiger partial charge in [0, 0.05) is 86.0 Å². The summed E-state index contributed by atoms with van der Waals surface area (Å²) >= 11 is 7.03. The summed E-state index contributed by atoms with van der Waals surface area (Å²) in [5.74, 6) is 0.0984. The Hall–Kier alpha value is -4.90. The molecular formula is C39H40ClN7O4. The summed E-state index contributed by atoms with van der Waals surface area (Å²) in [7, 11) is 0. The lowest BCUT2D eigenvalue weighted by Crippen LogP contribution is -2.52. The van der Waals surface area contributed by atoms with E-state index in [0.717, 1.165) is 84.5 Å². The largest absolute Gasteiger partial charge is 0.371 e. The molecule has 0 spiro atoms. The van der Waals surface area contributed by atoms with E-state index in [4.69, 9.17) is 11.6 Å². The van der Waals surface area contributed by atoms with Crippen LogP contribution in [0.3, 0.4) is 0 Å². The van der Waals surface area contributed by atoms with Gasteiger partial charge in [-0.1, -0.05) is 29.8 Å². The van der Waals surface area contributed by atoms with Crippen molar-refractivity contribution in [2.45, 2.75) is 63.5 Å². The lowest BCUT2D eigenvalue weighted by Gasteiger charge is -2.40. The smallest absolute Gasteiger partial charge is 0.324 e. The fourth-order valence-electron chi connectivity index (χ4n) is 8.45. The maximum absolute atomic E-state index is 13.9. The molecule has 0 radical (unpaired) electrons. The monoisotopic (exact) mass is 705 g/mol. The summed E-state index contributed by atoms with van der Waals surface area (Å²) in [5, 5.41) is 4.08. The molecule has 4 fully saturated rings. The molecule has 4 aromatic rings. The first-order valence-corrected chi connectivity index (χ1v) is 18.5. The minimum atomic E-state index is -0.616. The zero-order chi connectivity index (χ0) is 34.8. The first-order valence-electron chi connectivity index (χ1n) is 18.2. The van der Waals surface area contributed by atoms with Crippen molar-refractivity contribution in [2.75, 3.05) is 42.5 Å². The van der Waals surface area contributed by atoms with E-state index in [1.165, 1.54) is 18.4 Å². The van der Waals surface area contributed by atoms with Crippen LogP contribution in [0.25, 0.3) is 22.2 Å². The number of carbonyl (C=O) groups is 4. The molecule has 2 N–H and O–H groups in total. The van der Waals surface area contributed by atoms with Gasteiger partial charge in [-0.2, -0.15) is 0 Å². The Balaban J connectivity index is 0.840. The van der Waals surface area contributed by atoms with E-state index >= 15 is 0 Å². The van der Waals surface area contributed by atoms with Gasteiger partial charge in [0.25, 0.3) is 5.91 Å². The quantitative estimate of drug-likeness (QED) is 0.225. The predicted molar refractivity (Wildman–Crippen MR) is 195 cm³/mol. The van der Waals surface area contributed by atoms with E-state index in [-0.39, 0.29) is 24.3 Å². The van der Waals surface area contributed by atoms with Crippen LogP contribution in [0.5, 0.6) is 0 Å². The number of anilines is 2. The van der Waals surface area contributed by atoms with E-state index in [1.807, 2.05) is 52.5 Å². The van der Waals surface area contributed by atoms with Crippen molar-refractivity contribution in [3.8, 4) is 11.1 Å². The third-order valence-corrected chi connectivity index (χ3v) is 11.8. The number of halogens is 1. The number of hydrogen-bond acceptors (Lipinski definition) is 6. The SMILES string of the molecule is O=C1CCC(N2Cc3ccc(N4CCC(CN5CCCN(c6cccc(-c7cnc8[nH]cc(C9CC9)c8c7Cl)c6)C5=O)CC4)cc3C2=O)C(=O)N1. The van der Waals surface area contributed by atoms with Crippen LogP contribution in [-0.4, -0.2) is 82.3 Å². The molecule has 1 unspecified atom stereocenters. The van der Waals surface area contributed by atoms with E-state index in [9.17, 15) is 19.2 Å². The lowest BCUT2D eigenvalue weighted by molar-refractivity contribution is -0.136. The second-order valence-corrected chi connectivity index (χ2v) is 15.1. The number of rotatable bonds is 7. The Morgan fingerprint density at radius 2 is 1.73 bits per heavy atom. The van der Waals surface area contributed by atoms with Crippen LogP contribution in [0, 0.1) is 5.92 Å². The summed E-state index contributed by atoms with van der Waals surface area (Å²) in [6, 6.07) is 13.5. The van der Waals surface area contributed by atoms with Gasteiger partial charge in [-0.3, -0.25) is 24.6 Å². The average Bonchev–Trinajstić information content (AvgIpc) is 3.81. The fraction of sp³-hybridized carbons (Fsp3) is 0.410. The van der Waals surface area contributed by atoms with E-state index in [0.29, 0.717) is 41.9 Å². The highest BCUT2D eigenvalue weighted by Crippen LogP contribution is 2.46. The Morgan fingerprint density at radius 1 is 0.882 bits per heavy atom. The Morgan fingerprint density at radius 3 is 2.53 bits per heavy atom. The Bertz CT molecular complexity index is 2080. The number of aromatic nitrogens is 2. The van der Waals surface area contributed by atoms with Crippen LogP contribution in [0.4, 0.5) is 16.2 Å². The second-order valence-electron chi connectivity index (χ2n) is 14.7. The van der Waals surface area contributed by atoms with Crippen molar-refractivity contribution in [1.29, 1.82) is 0 Å². The fourth-order valence-corrected chi connectivity index (χ4v) is 8.81. The van der Waals surface area contributed by atoms with Gasteiger partial charge in [0.1, 0.15) is 11.7 Å². The number of nitrogens with one attached hydrogen (secondary N) is 2. The molecule has 6 heterocycles. The molecule has 11 nitrogen and oxygen atoms in total. The molecule has 4 aliphatic heterocycles. The maximum Gasteiger partial charge on any atom is 0.324 e. The summed E-state index contributed by atoms with van der Waals surface area (Å²) < 4.78 is 0. The number of amides is 5. The number of H-pyrrole nitrogens is 1. The molecule has 5 amide bonds. The van der Waals surface area contributed by atoms with Crippen molar-refractivity contribution in [1.82, 2.24) is 25.1 Å². The Kier molecular flexibility index (Phi) is 7.98. The van der Waals surface area contributed by atoms with Crippen molar-refractivity contribution in [2.24, 2.45) is 5.92 Å². The third kappa shape index (κ3) is 5.81. The number of piperidine rings is 2. The number of nitrogens with zero attached hydrogens (tertiary/aromatic N) is 5. The number of imide groups is 1. The zero-order valence-electron chi connectivity index (χ0n) is 28.4. The van der Waals surface area contributed by atoms with Crippen molar-refractivity contribution >= 4 is 57.8 Å². The molecule has 262 valence electrons. The van der Waals surface area contributed by atoms with Crippen molar-refractivity contribution in [3.05, 3.63) is 76.6 Å². The Labute approximate surface area is 300 Å². The lowest BCUT2D eigenvalue weighted by atomic mass is 9.95. The number of benzene rings is 2. The van der Waals surface area contributed by atoms with E-state index in [1.54, 1.807) is 4.90 Å². The first kappa shape index (κ1) is 32.0. The maximum atomic E-state index is 13.9. The van der Waals surface area contributed by atoms with Crippen LogP contribution in [0.1, 0.15) is 72.3 Å². The standard InChI is InChI=1S/C39H40ClN7O4/c40-35-31(20-42-36-34(35)30(19-41-36)24-5-6-24)25-3-1-4-28(17-25)46-14-2-13-45(39(46)51)21-23-11-15-44(16-12-23)27-8-7-26-22-47(38(50)29(26)18-27)32-9-10-33(48)43-37(32)49/h1,3-4,7-8,17-20,23-24,32H,2,5-6,9-16,21-22H2,(H,41,42)(H,43,48,49). The van der Waals surface area contributed by atoms with Crippen LogP contribution >= 0.6 is 11.6 Å². The molecule has 0 bridgehead atoms. The molecular weight excluding hydrogens is 666 g/mol. The molecule has 3 saturated heterocycles. The van der Waals surface area contributed by atoms with E-state index in [2.05, 4.69) is 32.3 Å². The number of hydrogen-bond donors (Lipinski definition) is 2. The predicted octanol–water partition coefficient (Wildman–Crippen LogP) is 6.07. The van der Waals surface area contributed by atoms with Crippen LogP contribution in [0.2, 0.25) is 5.02 Å². The first-order chi connectivity index (χ1) is 24.8. The molecule has 1 aliphatic carbocycles. The van der Waals surface area contributed by atoms with E-state index < -0.39 is 11.9 Å². The molecule has 12 heteroatoms. The van der Waals surface area contributed by atoms with Gasteiger partial charge in [0.05, 0.1) is 5.02 Å². The van der Waals surface area contributed by atoms with Crippen LogP contribution in [0.15, 0.2) is 54.9 Å². The minimum Gasteiger partial charge on any atom is -0.371 e. The van der Waals surface area contributed by atoms with Gasteiger partial charge in [-0.15, -0.1) is 0 Å². The highest BCUT2D eigenvalue weighted by atomic mass is 35.5.